The molecule has 174 valence electrons. The van der Waals surface area contributed by atoms with Crippen LogP contribution in [0.3, 0.4) is 0 Å². The van der Waals surface area contributed by atoms with Crippen molar-refractivity contribution < 1.29 is 23.8 Å². The molecule has 0 bridgehead atoms. The summed E-state index contributed by atoms with van der Waals surface area (Å²) in [5.41, 5.74) is 0.879. The lowest BCUT2D eigenvalue weighted by molar-refractivity contribution is -0.139. The molecular formula is C26H24FN3O4. The summed E-state index contributed by atoms with van der Waals surface area (Å²) in [6.07, 6.45) is 7.34. The van der Waals surface area contributed by atoms with Crippen molar-refractivity contribution in [3.63, 3.8) is 0 Å². The van der Waals surface area contributed by atoms with E-state index in [1.807, 2.05) is 10.8 Å². The summed E-state index contributed by atoms with van der Waals surface area (Å²) >= 11 is 0. The maximum Gasteiger partial charge on any atom is 0.295 e. The molecule has 1 N–H and O–H groups in total. The molecule has 0 spiro atoms. The zero-order valence-corrected chi connectivity index (χ0v) is 18.4. The first-order valence-electron chi connectivity index (χ1n) is 10.8. The zero-order valence-electron chi connectivity index (χ0n) is 18.4. The average Bonchev–Trinajstić information content (AvgIpc) is 3.45. The van der Waals surface area contributed by atoms with Gasteiger partial charge in [-0.25, -0.2) is 9.37 Å². The van der Waals surface area contributed by atoms with Gasteiger partial charge in [0.05, 0.1) is 17.9 Å². The van der Waals surface area contributed by atoms with E-state index in [-0.39, 0.29) is 17.9 Å². The van der Waals surface area contributed by atoms with E-state index in [0.29, 0.717) is 36.4 Å². The Hall–Kier alpha value is -4.20. The van der Waals surface area contributed by atoms with Crippen molar-refractivity contribution in [2.75, 3.05) is 13.2 Å². The van der Waals surface area contributed by atoms with Crippen LogP contribution in [0.2, 0.25) is 0 Å². The Labute approximate surface area is 196 Å². The van der Waals surface area contributed by atoms with Gasteiger partial charge >= 0.3 is 0 Å². The zero-order chi connectivity index (χ0) is 24.1. The first kappa shape index (κ1) is 23.0. The van der Waals surface area contributed by atoms with Gasteiger partial charge in [0.25, 0.3) is 11.7 Å². The van der Waals surface area contributed by atoms with Crippen LogP contribution in [0.25, 0.3) is 5.76 Å². The average molecular weight is 461 g/mol. The van der Waals surface area contributed by atoms with Crippen LogP contribution in [-0.2, 0) is 16.1 Å². The number of aryl methyl sites for hydroxylation is 1. The number of aliphatic hydroxyl groups is 1. The molecule has 34 heavy (non-hydrogen) atoms. The number of hydrogen-bond acceptors (Lipinski definition) is 5. The molecule has 1 saturated heterocycles. The van der Waals surface area contributed by atoms with Crippen molar-refractivity contribution in [1.29, 1.82) is 0 Å². The second kappa shape index (κ2) is 10.2. The minimum absolute atomic E-state index is 0.0287. The number of nitrogens with zero attached hydrogens (tertiary/aromatic N) is 3. The number of hydrogen-bond donors (Lipinski definition) is 1. The number of ether oxygens (including phenoxy) is 1. The van der Waals surface area contributed by atoms with E-state index in [0.717, 1.165) is 0 Å². The topological polar surface area (TPSA) is 84.7 Å². The molecule has 1 fully saturated rings. The quantitative estimate of drug-likeness (QED) is 0.225. The molecule has 1 unspecified atom stereocenters. The van der Waals surface area contributed by atoms with E-state index in [2.05, 4.69) is 11.6 Å². The van der Waals surface area contributed by atoms with Gasteiger partial charge < -0.3 is 19.3 Å². The van der Waals surface area contributed by atoms with Crippen molar-refractivity contribution >= 4 is 17.4 Å². The van der Waals surface area contributed by atoms with Crippen molar-refractivity contribution in [1.82, 2.24) is 14.5 Å². The molecule has 1 aliphatic heterocycles. The third kappa shape index (κ3) is 4.76. The minimum Gasteiger partial charge on any atom is -0.507 e. The normalized spacial score (nSPS) is 17.2. The second-order valence-electron chi connectivity index (χ2n) is 7.82. The summed E-state index contributed by atoms with van der Waals surface area (Å²) in [7, 11) is 0. The molecule has 2 heterocycles. The SMILES string of the molecule is C=CCOc1ccc(/C(O)=C2/C(=O)C(=O)N(CCCn3ccnc3)C2c2ccc(F)cc2)cc1. The number of likely N-dealkylation sites (tertiary alicyclic amines) is 1. The lowest BCUT2D eigenvalue weighted by atomic mass is 9.95. The highest BCUT2D eigenvalue weighted by molar-refractivity contribution is 6.46. The number of imidazole rings is 1. The summed E-state index contributed by atoms with van der Waals surface area (Å²) in [6, 6.07) is 11.3. The molecule has 0 aliphatic carbocycles. The molecule has 1 atom stereocenters. The maximum atomic E-state index is 13.6. The summed E-state index contributed by atoms with van der Waals surface area (Å²) in [5.74, 6) is -1.63. The molecular weight excluding hydrogens is 437 g/mol. The van der Waals surface area contributed by atoms with Gasteiger partial charge in [-0.2, -0.15) is 0 Å². The summed E-state index contributed by atoms with van der Waals surface area (Å²) in [6.45, 7) is 4.81. The lowest BCUT2D eigenvalue weighted by Gasteiger charge is -2.25. The smallest absolute Gasteiger partial charge is 0.295 e. The van der Waals surface area contributed by atoms with Crippen LogP contribution in [0.15, 0.2) is 85.5 Å². The molecule has 0 saturated carbocycles. The number of ketones is 1. The Kier molecular flexibility index (Phi) is 6.87. The number of carbonyl (C=O) groups excluding carboxylic acids is 2. The highest BCUT2D eigenvalue weighted by Gasteiger charge is 2.45. The van der Waals surface area contributed by atoms with Gasteiger partial charge in [-0.3, -0.25) is 9.59 Å². The van der Waals surface area contributed by atoms with Crippen LogP contribution in [0.4, 0.5) is 4.39 Å². The van der Waals surface area contributed by atoms with E-state index in [1.54, 1.807) is 42.9 Å². The first-order chi connectivity index (χ1) is 16.5. The van der Waals surface area contributed by atoms with E-state index < -0.39 is 23.5 Å². The number of halogens is 1. The third-order valence-corrected chi connectivity index (χ3v) is 5.60. The highest BCUT2D eigenvalue weighted by atomic mass is 19.1. The number of aromatic nitrogens is 2. The van der Waals surface area contributed by atoms with Crippen molar-refractivity contribution in [3.05, 3.63) is 102 Å². The van der Waals surface area contributed by atoms with E-state index in [1.165, 1.54) is 29.2 Å². The van der Waals surface area contributed by atoms with Gasteiger partial charge in [0.1, 0.15) is 23.9 Å². The lowest BCUT2D eigenvalue weighted by Crippen LogP contribution is -2.31. The molecule has 3 aromatic rings. The van der Waals surface area contributed by atoms with Gasteiger partial charge in [-0.15, -0.1) is 0 Å². The van der Waals surface area contributed by atoms with Crippen LogP contribution < -0.4 is 4.74 Å². The molecule has 1 aliphatic rings. The Morgan fingerprint density at radius 1 is 1.12 bits per heavy atom. The van der Waals surface area contributed by atoms with Crippen molar-refractivity contribution in [2.24, 2.45) is 0 Å². The predicted octanol–water partition coefficient (Wildman–Crippen LogP) is 4.10. The molecule has 1 amide bonds. The number of amides is 1. The number of rotatable bonds is 9. The van der Waals surface area contributed by atoms with Crippen LogP contribution in [0, 0.1) is 5.82 Å². The molecule has 0 radical (unpaired) electrons. The van der Waals surface area contributed by atoms with Crippen LogP contribution in [0.5, 0.6) is 5.75 Å². The predicted molar refractivity (Wildman–Crippen MR) is 124 cm³/mol. The van der Waals surface area contributed by atoms with Gasteiger partial charge in [0, 0.05) is 31.0 Å². The van der Waals surface area contributed by atoms with Crippen LogP contribution >= 0.6 is 0 Å². The monoisotopic (exact) mass is 461 g/mol. The van der Waals surface area contributed by atoms with Gasteiger partial charge in [0.15, 0.2) is 0 Å². The highest BCUT2D eigenvalue weighted by Crippen LogP contribution is 2.39. The largest absolute Gasteiger partial charge is 0.507 e. The maximum absolute atomic E-state index is 13.6. The van der Waals surface area contributed by atoms with Crippen molar-refractivity contribution in [3.8, 4) is 5.75 Å². The van der Waals surface area contributed by atoms with E-state index in [4.69, 9.17) is 4.74 Å². The Morgan fingerprint density at radius 2 is 1.85 bits per heavy atom. The standard InChI is InChI=1S/C26H24FN3O4/c1-2-16-34-21-10-6-19(7-11-21)24(31)22-23(18-4-8-20(27)9-5-18)30(26(33)25(22)32)14-3-13-29-15-12-28-17-29/h2,4-12,15,17,23,31H,1,3,13-14,16H2/b24-22-. The number of benzene rings is 2. The van der Waals surface area contributed by atoms with Crippen LogP contribution in [0.1, 0.15) is 23.6 Å². The van der Waals surface area contributed by atoms with Crippen LogP contribution in [-0.4, -0.2) is 44.4 Å². The fraction of sp³-hybridized carbons (Fsp3) is 0.192. The fourth-order valence-corrected chi connectivity index (χ4v) is 3.96. The number of Topliss-reactive ketones (excluding diaryl/α,β-unsaturated/α-hetero) is 1. The van der Waals surface area contributed by atoms with E-state index in [9.17, 15) is 19.1 Å². The summed E-state index contributed by atoms with van der Waals surface area (Å²) in [5, 5.41) is 11.1. The number of carbonyl (C=O) groups is 2. The summed E-state index contributed by atoms with van der Waals surface area (Å²) < 4.78 is 20.9. The van der Waals surface area contributed by atoms with Crippen molar-refractivity contribution in [2.45, 2.75) is 19.0 Å². The Bertz CT molecular complexity index is 1200. The molecule has 7 nitrogen and oxygen atoms in total. The van der Waals surface area contributed by atoms with Gasteiger partial charge in [-0.05, 0) is 48.4 Å². The number of aliphatic hydroxyl groups excluding tert-OH is 1. The molecule has 8 heteroatoms. The van der Waals surface area contributed by atoms with Gasteiger partial charge in [0.2, 0.25) is 0 Å². The Balaban J connectivity index is 1.68. The fourth-order valence-electron chi connectivity index (χ4n) is 3.96. The van der Waals surface area contributed by atoms with E-state index >= 15 is 0 Å². The molecule has 1 aromatic heterocycles. The molecule has 2 aromatic carbocycles. The second-order valence-corrected chi connectivity index (χ2v) is 7.82. The Morgan fingerprint density at radius 3 is 2.50 bits per heavy atom. The molecule has 4 rings (SSSR count). The third-order valence-electron chi connectivity index (χ3n) is 5.60. The first-order valence-corrected chi connectivity index (χ1v) is 10.8. The van der Waals surface area contributed by atoms with Gasteiger partial charge in [-0.1, -0.05) is 24.8 Å². The minimum atomic E-state index is -0.833. The summed E-state index contributed by atoms with van der Waals surface area (Å²) in [4.78, 5) is 31.5.